The fourth-order valence-electron chi connectivity index (χ4n) is 5.25. The second kappa shape index (κ2) is 9.41. The molecule has 0 spiro atoms. The molecule has 1 aliphatic heterocycles. The van der Waals surface area contributed by atoms with Crippen LogP contribution < -0.4 is 9.47 Å². The van der Waals surface area contributed by atoms with E-state index in [1.165, 1.54) is 16.7 Å². The molecule has 6 nitrogen and oxygen atoms in total. The lowest BCUT2D eigenvalue weighted by Gasteiger charge is -2.36. The lowest BCUT2D eigenvalue weighted by Crippen LogP contribution is -2.38. The Kier molecular flexibility index (Phi) is 6.79. The third kappa shape index (κ3) is 4.14. The maximum Gasteiger partial charge on any atom is 0.243 e. The van der Waals surface area contributed by atoms with Gasteiger partial charge in [-0.1, -0.05) is 24.6 Å². The Morgan fingerprint density at radius 1 is 1.12 bits per heavy atom. The van der Waals surface area contributed by atoms with Gasteiger partial charge < -0.3 is 9.47 Å². The number of benzene rings is 2. The van der Waals surface area contributed by atoms with E-state index in [1.807, 2.05) is 26.0 Å². The number of hydrogen-bond acceptors (Lipinski definition) is 5. The maximum absolute atomic E-state index is 13.1. The Hall–Kier alpha value is -2.09. The van der Waals surface area contributed by atoms with Gasteiger partial charge in [-0.3, -0.25) is 4.90 Å². The van der Waals surface area contributed by atoms with Crippen molar-refractivity contribution in [2.24, 2.45) is 0 Å². The Labute approximate surface area is 192 Å². The predicted octanol–water partition coefficient (Wildman–Crippen LogP) is 3.96. The lowest BCUT2D eigenvalue weighted by molar-refractivity contribution is 0.179. The summed E-state index contributed by atoms with van der Waals surface area (Å²) in [6.45, 7) is 6.75. The molecular formula is C25H34N2O4S. The van der Waals surface area contributed by atoms with Crippen molar-refractivity contribution in [3.8, 4) is 11.5 Å². The van der Waals surface area contributed by atoms with E-state index in [0.29, 0.717) is 24.0 Å². The van der Waals surface area contributed by atoms with E-state index in [2.05, 4.69) is 11.0 Å². The molecule has 1 unspecified atom stereocenters. The van der Waals surface area contributed by atoms with Crippen molar-refractivity contribution in [2.75, 3.05) is 40.4 Å². The molecule has 7 heteroatoms. The predicted molar refractivity (Wildman–Crippen MR) is 126 cm³/mol. The third-order valence-corrected chi connectivity index (χ3v) is 8.86. The quantitative estimate of drug-likeness (QED) is 0.569. The zero-order chi connectivity index (χ0) is 22.9. The molecule has 0 aromatic heterocycles. The van der Waals surface area contributed by atoms with Crippen molar-refractivity contribution in [1.29, 1.82) is 0 Å². The third-order valence-electron chi connectivity index (χ3n) is 6.87. The second-order valence-electron chi connectivity index (χ2n) is 8.67. The van der Waals surface area contributed by atoms with Crippen LogP contribution in [0.15, 0.2) is 35.2 Å². The van der Waals surface area contributed by atoms with E-state index in [1.54, 1.807) is 30.7 Å². The molecule has 32 heavy (non-hydrogen) atoms. The molecule has 0 radical (unpaired) electrons. The molecule has 4 rings (SSSR count). The molecule has 1 heterocycles. The monoisotopic (exact) mass is 458 g/mol. The Balaban J connectivity index is 1.44. The Morgan fingerprint density at radius 3 is 2.53 bits per heavy atom. The van der Waals surface area contributed by atoms with Crippen LogP contribution in [0, 0.1) is 6.92 Å². The second-order valence-corrected chi connectivity index (χ2v) is 10.6. The highest BCUT2D eigenvalue weighted by Gasteiger charge is 2.36. The standard InChI is InChI=1S/C25H34N2O4S/c1-5-27(32(28,29)20-9-7-18(2)8-10-20)15-6-14-26-16-13-19-17-23(30-3)25(31-4)21-11-12-22(26)24(19)21/h7-10,17,22H,5-6,11-16H2,1-4H3. The van der Waals surface area contributed by atoms with Gasteiger partial charge in [0.15, 0.2) is 11.5 Å². The van der Waals surface area contributed by atoms with Gasteiger partial charge in [0.1, 0.15) is 0 Å². The summed E-state index contributed by atoms with van der Waals surface area (Å²) in [6.07, 6.45) is 3.86. The minimum Gasteiger partial charge on any atom is -0.493 e. The smallest absolute Gasteiger partial charge is 0.243 e. The molecule has 2 aromatic rings. The highest BCUT2D eigenvalue weighted by Crippen LogP contribution is 2.48. The number of nitrogens with zero attached hydrogens (tertiary/aromatic N) is 2. The summed E-state index contributed by atoms with van der Waals surface area (Å²) in [4.78, 5) is 2.90. The zero-order valence-electron chi connectivity index (χ0n) is 19.6. The topological polar surface area (TPSA) is 59.1 Å². The minimum atomic E-state index is -3.46. The summed E-state index contributed by atoms with van der Waals surface area (Å²) in [5.41, 5.74) is 5.12. The summed E-state index contributed by atoms with van der Waals surface area (Å²) in [5.74, 6) is 1.70. The van der Waals surface area contributed by atoms with Crippen molar-refractivity contribution in [3.05, 3.63) is 52.6 Å². The van der Waals surface area contributed by atoms with Gasteiger partial charge in [-0.05, 0) is 61.9 Å². The van der Waals surface area contributed by atoms with Crippen molar-refractivity contribution < 1.29 is 17.9 Å². The molecule has 0 saturated carbocycles. The van der Waals surface area contributed by atoms with Crippen molar-refractivity contribution in [3.63, 3.8) is 0 Å². The molecule has 0 fully saturated rings. The van der Waals surface area contributed by atoms with E-state index in [-0.39, 0.29) is 0 Å². The first-order valence-corrected chi connectivity index (χ1v) is 12.9. The molecule has 174 valence electrons. The number of hydrogen-bond donors (Lipinski definition) is 0. The van der Waals surface area contributed by atoms with Crippen LogP contribution in [-0.2, 0) is 22.9 Å². The summed E-state index contributed by atoms with van der Waals surface area (Å²) in [5, 5.41) is 0. The molecule has 1 aliphatic carbocycles. The molecule has 0 amide bonds. The average Bonchev–Trinajstić information content (AvgIpc) is 3.24. The first-order chi connectivity index (χ1) is 15.4. The lowest BCUT2D eigenvalue weighted by atomic mass is 9.92. The molecule has 1 atom stereocenters. The molecule has 2 aromatic carbocycles. The molecule has 0 N–H and O–H groups in total. The summed E-state index contributed by atoms with van der Waals surface area (Å²) < 4.78 is 39.0. The fourth-order valence-corrected chi connectivity index (χ4v) is 6.74. The largest absolute Gasteiger partial charge is 0.493 e. The molecule has 0 saturated heterocycles. The van der Waals surface area contributed by atoms with Crippen molar-refractivity contribution >= 4 is 10.0 Å². The molecule has 0 bridgehead atoms. The first kappa shape index (κ1) is 23.1. The Bertz CT molecular complexity index is 1070. The highest BCUT2D eigenvalue weighted by atomic mass is 32.2. The summed E-state index contributed by atoms with van der Waals surface area (Å²) in [6, 6.07) is 9.64. The highest BCUT2D eigenvalue weighted by molar-refractivity contribution is 7.89. The van der Waals surface area contributed by atoms with Gasteiger partial charge in [0.05, 0.1) is 19.1 Å². The number of sulfonamides is 1. The average molecular weight is 459 g/mol. The number of aryl methyl sites for hydroxylation is 1. The SMILES string of the molecule is CCN(CCCN1CCc2cc(OC)c(OC)c3c2C1CC3)S(=O)(=O)c1ccc(C)cc1. The van der Waals surface area contributed by atoms with E-state index >= 15 is 0 Å². The van der Waals surface area contributed by atoms with Crippen molar-refractivity contribution in [1.82, 2.24) is 9.21 Å². The number of methoxy groups -OCH3 is 2. The number of rotatable bonds is 9. The van der Waals surface area contributed by atoms with E-state index in [9.17, 15) is 8.42 Å². The number of ether oxygens (including phenoxy) is 2. The van der Waals surface area contributed by atoms with Crippen LogP contribution in [0.3, 0.4) is 0 Å². The minimum absolute atomic E-state index is 0.373. The van der Waals surface area contributed by atoms with E-state index in [4.69, 9.17) is 9.47 Å². The zero-order valence-corrected chi connectivity index (χ0v) is 20.4. The van der Waals surface area contributed by atoms with Gasteiger partial charge in [-0.25, -0.2) is 8.42 Å². The first-order valence-electron chi connectivity index (χ1n) is 11.5. The van der Waals surface area contributed by atoms with Crippen LogP contribution in [0.5, 0.6) is 11.5 Å². The normalized spacial score (nSPS) is 18.1. The van der Waals surface area contributed by atoms with E-state index in [0.717, 1.165) is 55.8 Å². The van der Waals surface area contributed by atoms with Gasteiger partial charge in [0, 0.05) is 37.8 Å². The van der Waals surface area contributed by atoms with Crippen LogP contribution in [-0.4, -0.2) is 58.0 Å². The van der Waals surface area contributed by atoms with Gasteiger partial charge in [-0.15, -0.1) is 0 Å². The van der Waals surface area contributed by atoms with Gasteiger partial charge in [0.2, 0.25) is 10.0 Å². The van der Waals surface area contributed by atoms with Gasteiger partial charge in [0.25, 0.3) is 0 Å². The molecular weight excluding hydrogens is 424 g/mol. The summed E-state index contributed by atoms with van der Waals surface area (Å²) >= 11 is 0. The summed E-state index contributed by atoms with van der Waals surface area (Å²) in [7, 11) is -0.0527. The Morgan fingerprint density at radius 2 is 1.88 bits per heavy atom. The van der Waals surface area contributed by atoms with Crippen LogP contribution in [0.4, 0.5) is 0 Å². The van der Waals surface area contributed by atoms with Crippen LogP contribution >= 0.6 is 0 Å². The fraction of sp³-hybridized carbons (Fsp3) is 0.520. The molecule has 2 aliphatic rings. The van der Waals surface area contributed by atoms with Gasteiger partial charge >= 0.3 is 0 Å². The van der Waals surface area contributed by atoms with Crippen molar-refractivity contribution in [2.45, 2.75) is 50.5 Å². The maximum atomic E-state index is 13.1. The van der Waals surface area contributed by atoms with Crippen LogP contribution in [0.1, 0.15) is 48.1 Å². The van der Waals surface area contributed by atoms with E-state index < -0.39 is 10.0 Å². The van der Waals surface area contributed by atoms with Crippen LogP contribution in [0.2, 0.25) is 0 Å². The van der Waals surface area contributed by atoms with Gasteiger partial charge in [-0.2, -0.15) is 4.31 Å². The van der Waals surface area contributed by atoms with Crippen LogP contribution in [0.25, 0.3) is 0 Å².